The summed E-state index contributed by atoms with van der Waals surface area (Å²) >= 11 is 0. The van der Waals surface area contributed by atoms with Gasteiger partial charge in [0.05, 0.1) is 12.2 Å². The number of ether oxygens (including phenoxy) is 3. The Labute approximate surface area is 373 Å². The van der Waals surface area contributed by atoms with Gasteiger partial charge in [0, 0.05) is 53.3 Å². The van der Waals surface area contributed by atoms with E-state index in [4.69, 9.17) is 14.2 Å². The van der Waals surface area contributed by atoms with E-state index in [0.717, 1.165) is 23.1 Å². The normalized spacial score (nSPS) is 31.7. The molecular formula is C47H52F2N4O12. The maximum Gasteiger partial charge on any atom is 0.253 e. The number of anilines is 1. The topological polar surface area (TPSA) is 227 Å². The summed E-state index contributed by atoms with van der Waals surface area (Å²) in [5.41, 5.74) is -6.26. The van der Waals surface area contributed by atoms with E-state index < -0.39 is 112 Å². The summed E-state index contributed by atoms with van der Waals surface area (Å²) in [7, 11) is 0. The van der Waals surface area contributed by atoms with Crippen molar-refractivity contribution in [3.05, 3.63) is 90.0 Å². The molecule has 5 N–H and O–H groups in total. The average molecular weight is 903 g/mol. The number of fused-ring (bicyclic) bond motifs is 3. The van der Waals surface area contributed by atoms with E-state index in [1.165, 1.54) is 39.8 Å². The smallest absolute Gasteiger partial charge is 0.253 e. The Bertz CT molecular complexity index is 2370. The van der Waals surface area contributed by atoms with Gasteiger partial charge < -0.3 is 40.4 Å². The number of aliphatic hydroxyl groups is 2. The second-order valence-electron chi connectivity index (χ2n) is 17.8. The highest BCUT2D eigenvalue weighted by Crippen LogP contribution is 2.68. The molecule has 0 bridgehead atoms. The van der Waals surface area contributed by atoms with Crippen molar-refractivity contribution in [2.75, 3.05) is 18.5 Å². The first kappa shape index (κ1) is 47.0. The van der Waals surface area contributed by atoms with E-state index in [1.54, 1.807) is 55.5 Å². The SMILES string of the molecule is C[C@H](F)C1=CC(=O)C=C[C@]1(C)[C@]1(F)C[C@@H]2C[C@H]3OC(c4ccc(Oc5cccc(NC(=O)[C@H](C)NC(=O)[C@H](C)NC(=O)CCN6C(=O)C=CC6=O)c5)cc4)O[C@@]3(C(=O)CO)[C@@]2(C)C[C@@H]1O. The van der Waals surface area contributed by atoms with E-state index in [1.807, 2.05) is 0 Å². The van der Waals surface area contributed by atoms with Crippen LogP contribution in [-0.4, -0.2) is 111 Å². The summed E-state index contributed by atoms with van der Waals surface area (Å²) < 4.78 is 51.3. The van der Waals surface area contributed by atoms with Crippen LogP contribution in [0.15, 0.2) is 84.5 Å². The molecule has 7 rings (SSSR count). The monoisotopic (exact) mass is 902 g/mol. The Balaban J connectivity index is 0.956. The average Bonchev–Trinajstić information content (AvgIpc) is 3.88. The van der Waals surface area contributed by atoms with Gasteiger partial charge in [0.2, 0.25) is 17.7 Å². The minimum atomic E-state index is -2.41. The lowest BCUT2D eigenvalue weighted by Crippen LogP contribution is -2.65. The first-order valence-electron chi connectivity index (χ1n) is 21.4. The number of ketones is 2. The highest BCUT2D eigenvalue weighted by atomic mass is 19.1. The summed E-state index contributed by atoms with van der Waals surface area (Å²) in [6.07, 6.45) is -0.231. The zero-order valence-corrected chi connectivity index (χ0v) is 36.5. The van der Waals surface area contributed by atoms with Crippen LogP contribution < -0.4 is 20.7 Å². The van der Waals surface area contributed by atoms with Crippen molar-refractivity contribution in [3.63, 3.8) is 0 Å². The van der Waals surface area contributed by atoms with Gasteiger partial charge in [-0.3, -0.25) is 38.5 Å². The van der Waals surface area contributed by atoms with Gasteiger partial charge in [0.1, 0.15) is 42.0 Å². The Morgan fingerprint density at radius 2 is 1.60 bits per heavy atom. The third-order valence-corrected chi connectivity index (χ3v) is 13.8. The molecule has 0 aromatic heterocycles. The molecule has 0 radical (unpaired) electrons. The van der Waals surface area contributed by atoms with Crippen LogP contribution >= 0.6 is 0 Å². The van der Waals surface area contributed by atoms with Crippen LogP contribution in [0.4, 0.5) is 14.5 Å². The molecule has 3 aliphatic carbocycles. The molecule has 2 saturated carbocycles. The number of alkyl halides is 2. The van der Waals surface area contributed by atoms with Gasteiger partial charge in [-0.2, -0.15) is 0 Å². The summed E-state index contributed by atoms with van der Waals surface area (Å²) in [5.74, 6) is -3.84. The Kier molecular flexibility index (Phi) is 12.9. The number of hydrogen-bond donors (Lipinski definition) is 5. The summed E-state index contributed by atoms with van der Waals surface area (Å²) in [6, 6.07) is 11.0. The highest BCUT2D eigenvalue weighted by Gasteiger charge is 2.76. The number of nitrogens with zero attached hydrogens (tertiary/aromatic N) is 1. The van der Waals surface area contributed by atoms with E-state index in [2.05, 4.69) is 16.0 Å². The van der Waals surface area contributed by atoms with Crippen molar-refractivity contribution in [3.8, 4) is 11.5 Å². The number of imide groups is 1. The largest absolute Gasteiger partial charge is 0.457 e. The molecule has 18 heteroatoms. The van der Waals surface area contributed by atoms with Crippen molar-refractivity contribution in [2.45, 2.75) is 108 Å². The fraction of sp³-hybridized carbons (Fsp3) is 0.468. The Morgan fingerprint density at radius 3 is 2.26 bits per heavy atom. The molecule has 5 amide bonds. The van der Waals surface area contributed by atoms with Crippen molar-refractivity contribution in [2.24, 2.45) is 16.7 Å². The predicted molar refractivity (Wildman–Crippen MR) is 227 cm³/mol. The van der Waals surface area contributed by atoms with Gasteiger partial charge in [0.25, 0.3) is 11.8 Å². The second kappa shape index (κ2) is 17.8. The van der Waals surface area contributed by atoms with E-state index >= 15 is 4.39 Å². The second-order valence-corrected chi connectivity index (χ2v) is 17.8. The number of aliphatic hydroxyl groups excluding tert-OH is 2. The lowest BCUT2D eigenvalue weighted by Gasteiger charge is -2.56. The lowest BCUT2D eigenvalue weighted by molar-refractivity contribution is -0.205. The van der Waals surface area contributed by atoms with Gasteiger partial charge in [-0.15, -0.1) is 0 Å². The zero-order chi connectivity index (χ0) is 47.2. The maximum atomic E-state index is 17.5. The number of Topliss-reactive ketones (excluding diaryl/α,β-unsaturated/α-hetero) is 1. The van der Waals surface area contributed by atoms with Crippen molar-refractivity contribution in [1.82, 2.24) is 15.5 Å². The van der Waals surface area contributed by atoms with Crippen LogP contribution in [0.5, 0.6) is 11.5 Å². The fourth-order valence-electron chi connectivity index (χ4n) is 10.1. The van der Waals surface area contributed by atoms with E-state index in [0.29, 0.717) is 22.7 Å². The van der Waals surface area contributed by atoms with Crippen molar-refractivity contribution >= 4 is 46.8 Å². The molecule has 2 heterocycles. The Hall–Kier alpha value is -5.95. The molecule has 2 aromatic carbocycles. The molecule has 0 spiro atoms. The molecule has 65 heavy (non-hydrogen) atoms. The molecule has 2 aromatic rings. The quantitative estimate of drug-likeness (QED) is 0.161. The molecule has 2 aliphatic heterocycles. The summed E-state index contributed by atoms with van der Waals surface area (Å²) in [6.45, 7) is 6.25. The Morgan fingerprint density at radius 1 is 0.923 bits per heavy atom. The molecule has 346 valence electrons. The number of halogens is 2. The molecule has 11 atom stereocenters. The fourth-order valence-corrected chi connectivity index (χ4v) is 10.1. The number of benzene rings is 2. The number of amides is 5. The first-order chi connectivity index (χ1) is 30.6. The number of carbonyl (C=O) groups excluding carboxylic acids is 7. The number of nitrogens with one attached hydrogen (secondary N) is 3. The molecule has 1 unspecified atom stereocenters. The molecular weight excluding hydrogens is 851 g/mol. The van der Waals surface area contributed by atoms with Crippen LogP contribution in [0.1, 0.15) is 72.2 Å². The highest BCUT2D eigenvalue weighted by molar-refractivity contribution is 6.13. The van der Waals surface area contributed by atoms with Crippen LogP contribution in [0, 0.1) is 16.7 Å². The van der Waals surface area contributed by atoms with E-state index in [-0.39, 0.29) is 37.8 Å². The van der Waals surface area contributed by atoms with Crippen LogP contribution in [-0.2, 0) is 43.0 Å². The molecule has 1 saturated heterocycles. The number of rotatable bonds is 15. The summed E-state index contributed by atoms with van der Waals surface area (Å²) in [5, 5.41) is 29.6. The van der Waals surface area contributed by atoms with Crippen LogP contribution in [0.2, 0.25) is 0 Å². The number of carbonyl (C=O) groups is 7. The molecule has 3 fully saturated rings. The number of hydrogen-bond acceptors (Lipinski definition) is 12. The lowest BCUT2D eigenvalue weighted by atomic mass is 9.51. The standard InChI is InChI=1S/C47H52F2N4O12/c1-25(48)34-21-31(55)15-17-44(34,4)46(49)22-29-19-37-47(36(57)24-54,45(29,5)23-35(46)56)65-43(64-37)28-9-11-32(12-10-28)63-33-8-6-7-30(20-33)52-42(62)27(3)51-41(61)26(2)50-38(58)16-18-53-39(59)13-14-40(53)60/h6-15,17,20-21,25-27,29,35,37,43,54,56H,16,18-19,22-24H2,1-5H3,(H,50,58)(H,51,61)(H,52,62)/t25-,26-,27-,29-,35-,37+,43?,44-,45-,46-,47+/m0/s1. The number of allylic oxidation sites excluding steroid dienone is 4. The predicted octanol–water partition coefficient (Wildman–Crippen LogP) is 3.77. The third kappa shape index (κ3) is 8.43. The van der Waals surface area contributed by atoms with E-state index in [9.17, 15) is 48.2 Å². The van der Waals surface area contributed by atoms with Crippen molar-refractivity contribution < 1.29 is 66.8 Å². The van der Waals surface area contributed by atoms with Crippen molar-refractivity contribution in [1.29, 1.82) is 0 Å². The molecule has 16 nitrogen and oxygen atoms in total. The zero-order valence-electron chi connectivity index (χ0n) is 36.5. The van der Waals surface area contributed by atoms with Gasteiger partial charge in [0.15, 0.2) is 23.5 Å². The minimum absolute atomic E-state index is 0.0793. The van der Waals surface area contributed by atoms with Gasteiger partial charge >= 0.3 is 0 Å². The molecule has 5 aliphatic rings. The minimum Gasteiger partial charge on any atom is -0.457 e. The van der Waals surface area contributed by atoms with Crippen LogP contribution in [0.25, 0.3) is 0 Å². The van der Waals surface area contributed by atoms with Gasteiger partial charge in [-0.25, -0.2) is 8.78 Å². The summed E-state index contributed by atoms with van der Waals surface area (Å²) in [4.78, 5) is 88.4. The van der Waals surface area contributed by atoms with Crippen LogP contribution in [0.3, 0.4) is 0 Å². The van der Waals surface area contributed by atoms with Gasteiger partial charge in [-0.1, -0.05) is 31.2 Å². The van der Waals surface area contributed by atoms with Gasteiger partial charge in [-0.05, 0) is 94.9 Å². The maximum absolute atomic E-state index is 17.5. The third-order valence-electron chi connectivity index (χ3n) is 13.8. The first-order valence-corrected chi connectivity index (χ1v) is 21.4.